The van der Waals surface area contributed by atoms with E-state index in [-0.39, 0.29) is 5.91 Å². The van der Waals surface area contributed by atoms with Gasteiger partial charge in [-0.3, -0.25) is 4.79 Å². The van der Waals surface area contributed by atoms with E-state index in [1.165, 1.54) is 0 Å². The Bertz CT molecular complexity index is 575. The Labute approximate surface area is 118 Å². The monoisotopic (exact) mass is 273 g/mol. The van der Waals surface area contributed by atoms with Crippen LogP contribution in [0.1, 0.15) is 35.2 Å². The lowest BCUT2D eigenvalue weighted by Gasteiger charge is -2.04. The summed E-state index contributed by atoms with van der Waals surface area (Å²) < 4.78 is 11.1. The standard InChI is InChI=1S/C16H19NO3/c1-3-9-17-16(18)15-8-7-14(20-15)11-19-13-6-4-5-12(2)10-13/h4-8,10H,3,9,11H2,1-2H3,(H,17,18). The van der Waals surface area contributed by atoms with Crippen LogP contribution in [0.15, 0.2) is 40.8 Å². The number of carbonyl (C=O) groups is 1. The summed E-state index contributed by atoms with van der Waals surface area (Å²) in [6.45, 7) is 4.97. The Hall–Kier alpha value is -2.23. The van der Waals surface area contributed by atoms with E-state index < -0.39 is 0 Å². The molecule has 1 amide bonds. The van der Waals surface area contributed by atoms with Gasteiger partial charge in [-0.25, -0.2) is 0 Å². The summed E-state index contributed by atoms with van der Waals surface area (Å²) in [5, 5.41) is 2.77. The third kappa shape index (κ3) is 3.88. The molecule has 0 radical (unpaired) electrons. The van der Waals surface area contributed by atoms with Crippen LogP contribution in [0.4, 0.5) is 0 Å². The van der Waals surface area contributed by atoms with E-state index in [1.54, 1.807) is 12.1 Å². The molecule has 0 spiro atoms. The number of carbonyl (C=O) groups excluding carboxylic acids is 1. The van der Waals surface area contributed by atoms with Gasteiger partial charge < -0.3 is 14.5 Å². The summed E-state index contributed by atoms with van der Waals surface area (Å²) in [5.74, 6) is 1.56. The second-order valence-electron chi connectivity index (χ2n) is 4.63. The molecule has 4 heteroatoms. The number of rotatable bonds is 6. The predicted octanol–water partition coefficient (Wildman–Crippen LogP) is 3.31. The molecule has 1 aromatic heterocycles. The normalized spacial score (nSPS) is 10.3. The lowest BCUT2D eigenvalue weighted by Crippen LogP contribution is -2.23. The lowest BCUT2D eigenvalue weighted by molar-refractivity contribution is 0.0922. The molecule has 0 saturated heterocycles. The van der Waals surface area contributed by atoms with Gasteiger partial charge in [0, 0.05) is 6.54 Å². The van der Waals surface area contributed by atoms with Crippen LogP contribution >= 0.6 is 0 Å². The second-order valence-corrected chi connectivity index (χ2v) is 4.63. The van der Waals surface area contributed by atoms with Gasteiger partial charge in [-0.2, -0.15) is 0 Å². The zero-order chi connectivity index (χ0) is 14.4. The predicted molar refractivity (Wildman–Crippen MR) is 76.8 cm³/mol. The van der Waals surface area contributed by atoms with Crippen molar-refractivity contribution in [3.8, 4) is 5.75 Å². The maximum atomic E-state index is 11.7. The van der Waals surface area contributed by atoms with Gasteiger partial charge in [0.15, 0.2) is 5.76 Å². The third-order valence-electron chi connectivity index (χ3n) is 2.79. The van der Waals surface area contributed by atoms with E-state index in [0.717, 1.165) is 17.7 Å². The number of hydrogen-bond acceptors (Lipinski definition) is 3. The summed E-state index contributed by atoms with van der Waals surface area (Å²) in [6, 6.07) is 11.2. The number of hydrogen-bond donors (Lipinski definition) is 1. The average molecular weight is 273 g/mol. The molecule has 1 aromatic carbocycles. The Kier molecular flexibility index (Phi) is 4.82. The number of benzene rings is 1. The number of aryl methyl sites for hydroxylation is 1. The van der Waals surface area contributed by atoms with Gasteiger partial charge in [-0.1, -0.05) is 19.1 Å². The van der Waals surface area contributed by atoms with Crippen molar-refractivity contribution in [3.05, 3.63) is 53.5 Å². The fraction of sp³-hybridized carbons (Fsp3) is 0.312. The molecule has 20 heavy (non-hydrogen) atoms. The van der Waals surface area contributed by atoms with Gasteiger partial charge in [0.05, 0.1) is 0 Å². The van der Waals surface area contributed by atoms with E-state index in [4.69, 9.17) is 9.15 Å². The fourth-order valence-corrected chi connectivity index (χ4v) is 1.76. The molecule has 106 valence electrons. The molecule has 0 fully saturated rings. The van der Waals surface area contributed by atoms with Crippen molar-refractivity contribution in [1.82, 2.24) is 5.32 Å². The van der Waals surface area contributed by atoms with Crippen molar-refractivity contribution in [2.45, 2.75) is 26.9 Å². The van der Waals surface area contributed by atoms with Crippen LogP contribution in [0.3, 0.4) is 0 Å². The lowest BCUT2D eigenvalue weighted by atomic mass is 10.2. The van der Waals surface area contributed by atoms with Gasteiger partial charge in [0.2, 0.25) is 0 Å². The molecule has 0 aliphatic rings. The zero-order valence-electron chi connectivity index (χ0n) is 11.8. The van der Waals surface area contributed by atoms with Crippen LogP contribution in [0.25, 0.3) is 0 Å². The highest BCUT2D eigenvalue weighted by molar-refractivity contribution is 5.91. The number of nitrogens with one attached hydrogen (secondary N) is 1. The zero-order valence-corrected chi connectivity index (χ0v) is 11.8. The van der Waals surface area contributed by atoms with Crippen LogP contribution in [-0.2, 0) is 6.61 Å². The van der Waals surface area contributed by atoms with Crippen molar-refractivity contribution in [2.75, 3.05) is 6.54 Å². The third-order valence-corrected chi connectivity index (χ3v) is 2.79. The first kappa shape index (κ1) is 14.2. The Morgan fingerprint density at radius 2 is 2.15 bits per heavy atom. The first-order valence-electron chi connectivity index (χ1n) is 6.75. The van der Waals surface area contributed by atoms with Crippen molar-refractivity contribution in [1.29, 1.82) is 0 Å². The quantitative estimate of drug-likeness (QED) is 0.878. The molecule has 0 bridgehead atoms. The molecule has 0 unspecified atom stereocenters. The number of furan rings is 1. The maximum absolute atomic E-state index is 11.7. The van der Waals surface area contributed by atoms with E-state index in [1.807, 2.05) is 38.1 Å². The van der Waals surface area contributed by atoms with Crippen molar-refractivity contribution >= 4 is 5.91 Å². The Morgan fingerprint density at radius 3 is 2.90 bits per heavy atom. The minimum Gasteiger partial charge on any atom is -0.486 e. The second kappa shape index (κ2) is 6.80. The molecule has 4 nitrogen and oxygen atoms in total. The smallest absolute Gasteiger partial charge is 0.286 e. The van der Waals surface area contributed by atoms with E-state index in [2.05, 4.69) is 5.32 Å². The van der Waals surface area contributed by atoms with Gasteiger partial charge in [0.1, 0.15) is 18.1 Å². The maximum Gasteiger partial charge on any atom is 0.286 e. The number of amides is 1. The van der Waals surface area contributed by atoms with Crippen LogP contribution in [0.5, 0.6) is 5.75 Å². The molecule has 0 aliphatic heterocycles. The minimum atomic E-state index is -0.186. The molecule has 1 N–H and O–H groups in total. The average Bonchev–Trinajstić information content (AvgIpc) is 2.91. The molecule has 0 saturated carbocycles. The van der Waals surface area contributed by atoms with Crippen LogP contribution in [-0.4, -0.2) is 12.5 Å². The summed E-state index contributed by atoms with van der Waals surface area (Å²) in [4.78, 5) is 11.7. The summed E-state index contributed by atoms with van der Waals surface area (Å²) in [7, 11) is 0. The molecule has 1 heterocycles. The first-order chi connectivity index (χ1) is 9.69. The largest absolute Gasteiger partial charge is 0.486 e. The minimum absolute atomic E-state index is 0.186. The van der Waals surface area contributed by atoms with Crippen LogP contribution < -0.4 is 10.1 Å². The van der Waals surface area contributed by atoms with Crippen molar-refractivity contribution < 1.29 is 13.9 Å². The summed E-state index contributed by atoms with van der Waals surface area (Å²) >= 11 is 0. The highest BCUT2D eigenvalue weighted by atomic mass is 16.5. The van der Waals surface area contributed by atoms with Crippen LogP contribution in [0.2, 0.25) is 0 Å². The topological polar surface area (TPSA) is 51.5 Å². The number of ether oxygens (including phenoxy) is 1. The molecule has 2 rings (SSSR count). The van der Waals surface area contributed by atoms with Gasteiger partial charge >= 0.3 is 0 Å². The summed E-state index contributed by atoms with van der Waals surface area (Å²) in [5.41, 5.74) is 1.14. The molecule has 2 aromatic rings. The van der Waals surface area contributed by atoms with Crippen molar-refractivity contribution in [3.63, 3.8) is 0 Å². The summed E-state index contributed by atoms with van der Waals surface area (Å²) in [6.07, 6.45) is 0.899. The Balaban J connectivity index is 1.91. The molecule has 0 aliphatic carbocycles. The van der Waals surface area contributed by atoms with Gasteiger partial charge in [0.25, 0.3) is 5.91 Å². The first-order valence-corrected chi connectivity index (χ1v) is 6.75. The fourth-order valence-electron chi connectivity index (χ4n) is 1.76. The van der Waals surface area contributed by atoms with Gasteiger partial charge in [-0.05, 0) is 43.2 Å². The molecule has 0 atom stereocenters. The van der Waals surface area contributed by atoms with E-state index in [0.29, 0.717) is 24.7 Å². The van der Waals surface area contributed by atoms with E-state index >= 15 is 0 Å². The highest BCUT2D eigenvalue weighted by Crippen LogP contribution is 2.15. The van der Waals surface area contributed by atoms with Gasteiger partial charge in [-0.15, -0.1) is 0 Å². The highest BCUT2D eigenvalue weighted by Gasteiger charge is 2.10. The molecular weight excluding hydrogens is 254 g/mol. The molecular formula is C16H19NO3. The Morgan fingerprint density at radius 1 is 1.30 bits per heavy atom. The van der Waals surface area contributed by atoms with Crippen LogP contribution in [0, 0.1) is 6.92 Å². The van der Waals surface area contributed by atoms with E-state index in [9.17, 15) is 4.79 Å². The van der Waals surface area contributed by atoms with Crippen molar-refractivity contribution in [2.24, 2.45) is 0 Å². The SMILES string of the molecule is CCCNC(=O)c1ccc(COc2cccc(C)c2)o1.